The summed E-state index contributed by atoms with van der Waals surface area (Å²) in [4.78, 5) is 56.9. The number of benzene rings is 3. The Kier molecular flexibility index (Phi) is 27.5. The minimum Gasteiger partial charge on any atom is -0.545 e. The van der Waals surface area contributed by atoms with Gasteiger partial charge in [-0.25, -0.2) is 14.4 Å². The number of carboxylic acid groups (broad SMARTS) is 6. The highest BCUT2D eigenvalue weighted by atomic mass is 16.4. The van der Waals surface area contributed by atoms with Crippen LogP contribution in [0.3, 0.4) is 0 Å². The lowest BCUT2D eigenvalue weighted by Gasteiger charge is -1.87. The molecule has 0 aromatic heterocycles. The van der Waals surface area contributed by atoms with Gasteiger partial charge in [-0.15, -0.1) is 0 Å². The van der Waals surface area contributed by atoms with E-state index in [1.54, 1.807) is 0 Å². The highest BCUT2D eigenvalue weighted by molar-refractivity contribution is 5.93. The fourth-order valence-electron chi connectivity index (χ4n) is 2.31. The zero-order chi connectivity index (χ0) is 39.8. The largest absolute Gasteiger partial charge is 0.545 e. The molecule has 0 saturated heterocycles. The molecule has 18 heteroatoms. The Morgan fingerprint density at radius 3 is 0.667 bits per heavy atom. The molecule has 0 atom stereocenters. The van der Waals surface area contributed by atoms with Crippen LogP contribution in [0.1, 0.15) is 16.7 Å². The molecule has 0 saturated carbocycles. The summed E-state index contributed by atoms with van der Waals surface area (Å²) in [7, 11) is 0. The van der Waals surface area contributed by atoms with Gasteiger partial charge < -0.3 is 45.0 Å². The van der Waals surface area contributed by atoms with Crippen LogP contribution in [-0.2, 0) is 28.8 Å². The van der Waals surface area contributed by atoms with Crippen LogP contribution >= 0.6 is 0 Å². The molecule has 0 bridgehead atoms. The van der Waals surface area contributed by atoms with Gasteiger partial charge in [0.15, 0.2) is 0 Å². The molecule has 18 nitrogen and oxygen atoms in total. The lowest BCUT2D eigenvalue weighted by Crippen LogP contribution is -2.46. The monoisotopic (exact) mass is 708 g/mol. The second kappa shape index (κ2) is 29.5. The first-order valence-electron chi connectivity index (χ1n) is 13.5. The van der Waals surface area contributed by atoms with E-state index in [9.17, 15) is 44.1 Å². The van der Waals surface area contributed by atoms with Gasteiger partial charge in [0.1, 0.15) is 0 Å². The van der Waals surface area contributed by atoms with Crippen molar-refractivity contribution in [1.82, 2.24) is 0 Å². The quantitative estimate of drug-likeness (QED) is 0.0566. The van der Waals surface area contributed by atoms with E-state index in [1.807, 2.05) is 91.0 Å². The number of nitrogens with two attached hydrogens (primary N) is 6. The minimum absolute atomic E-state index is 0.371. The molecule has 3 aromatic carbocycles. The molecule has 0 fully saturated rings. The average molecular weight is 709 g/mol. The van der Waals surface area contributed by atoms with Crippen LogP contribution in [0.4, 0.5) is 0 Å². The molecule has 0 spiro atoms. The SMILES string of the molecule is NC(=[NH2+])c1ccccc1.NC(=[NH2+])c1ccccc1.NC(=[NH2+])c1ccccc1.O=C([O-])/C=C\C(=O)O.O=C([O-])/C=C\C(=O)O.O=C([O-])/C=C\C(=O)O. The number of carboxylic acids is 6. The van der Waals surface area contributed by atoms with Gasteiger partial charge in [-0.05, 0) is 54.6 Å². The van der Waals surface area contributed by atoms with Crippen molar-refractivity contribution in [3.8, 4) is 0 Å². The summed E-state index contributed by atoms with van der Waals surface area (Å²) in [6, 6.07) is 28.4. The molecule has 0 heterocycles. The van der Waals surface area contributed by atoms with E-state index < -0.39 is 35.8 Å². The van der Waals surface area contributed by atoms with Crippen LogP contribution in [0.2, 0.25) is 0 Å². The summed E-state index contributed by atoms with van der Waals surface area (Å²) < 4.78 is 0. The van der Waals surface area contributed by atoms with Crippen molar-refractivity contribution in [2.75, 3.05) is 0 Å². The summed E-state index contributed by atoms with van der Waals surface area (Å²) in [6.07, 6.45) is 2.83. The molecule has 15 N–H and O–H groups in total. The summed E-state index contributed by atoms with van der Waals surface area (Å²) in [5.74, 6) is -7.30. The number of hydrogen-bond acceptors (Lipinski definition) is 9. The predicted octanol–water partition coefficient (Wildman–Crippen LogP) is -7.42. The van der Waals surface area contributed by atoms with Gasteiger partial charge in [0, 0.05) is 18.2 Å². The molecular weight excluding hydrogens is 672 g/mol. The van der Waals surface area contributed by atoms with Crippen molar-refractivity contribution < 1.29 is 75.6 Å². The van der Waals surface area contributed by atoms with Crippen molar-refractivity contribution in [3.05, 3.63) is 144 Å². The van der Waals surface area contributed by atoms with Gasteiger partial charge in [0.05, 0.1) is 34.6 Å². The van der Waals surface area contributed by atoms with E-state index in [0.717, 1.165) is 16.7 Å². The van der Waals surface area contributed by atoms with E-state index in [4.69, 9.17) is 48.7 Å². The third kappa shape index (κ3) is 36.5. The first-order chi connectivity index (χ1) is 23.8. The van der Waals surface area contributed by atoms with E-state index in [1.165, 1.54) is 0 Å². The molecular formula is C33H36N6O12. The van der Waals surface area contributed by atoms with Crippen molar-refractivity contribution in [1.29, 1.82) is 0 Å². The van der Waals surface area contributed by atoms with E-state index >= 15 is 0 Å². The number of carbonyl (C=O) groups is 6. The standard InChI is InChI=1S/3C7H8N2.3C4H4O4/c3*8-7(9)6-4-2-1-3-5-6;3*5-3(6)1-2-4(7)8/h3*1-5H,(H3,8,9);3*1-2H,(H,5,6)(H,7,8)/b;;;3*2-1-. The molecule has 0 aliphatic rings. The first-order valence-corrected chi connectivity index (χ1v) is 13.5. The lowest BCUT2D eigenvalue weighted by molar-refractivity contribution is -0.298. The summed E-state index contributed by atoms with van der Waals surface area (Å²) >= 11 is 0. The second-order valence-electron chi connectivity index (χ2n) is 8.44. The number of aliphatic carboxylic acids is 6. The maximum Gasteiger partial charge on any atom is 0.328 e. The summed E-state index contributed by atoms with van der Waals surface area (Å²) in [5.41, 5.74) is 18.6. The zero-order valence-corrected chi connectivity index (χ0v) is 26.6. The van der Waals surface area contributed by atoms with Crippen LogP contribution in [0.15, 0.2) is 127 Å². The van der Waals surface area contributed by atoms with Gasteiger partial charge in [-0.3, -0.25) is 33.4 Å². The van der Waals surface area contributed by atoms with Gasteiger partial charge in [-0.2, -0.15) is 0 Å². The number of amidine groups is 3. The normalized spacial score (nSPS) is 9.18. The topological polar surface area (TPSA) is 387 Å². The van der Waals surface area contributed by atoms with Gasteiger partial charge in [-0.1, -0.05) is 54.6 Å². The van der Waals surface area contributed by atoms with E-state index in [-0.39, 0.29) is 0 Å². The maximum absolute atomic E-state index is 9.53. The predicted molar refractivity (Wildman–Crippen MR) is 175 cm³/mol. The fourth-order valence-corrected chi connectivity index (χ4v) is 2.31. The van der Waals surface area contributed by atoms with Crippen LogP contribution in [0, 0.1) is 0 Å². The Balaban J connectivity index is -0.000000543. The summed E-state index contributed by atoms with van der Waals surface area (Å²) in [6.45, 7) is 0. The van der Waals surface area contributed by atoms with Gasteiger partial charge in [0.25, 0.3) is 17.5 Å². The Morgan fingerprint density at radius 1 is 0.412 bits per heavy atom. The zero-order valence-electron chi connectivity index (χ0n) is 26.6. The fraction of sp³-hybridized carbons (Fsp3) is 0. The molecule has 51 heavy (non-hydrogen) atoms. The molecule has 0 aliphatic carbocycles. The van der Waals surface area contributed by atoms with Gasteiger partial charge >= 0.3 is 17.9 Å². The van der Waals surface area contributed by atoms with Crippen LogP contribution in [0.5, 0.6) is 0 Å². The molecule has 270 valence electrons. The number of hydrogen-bond donors (Lipinski definition) is 9. The van der Waals surface area contributed by atoms with Crippen LogP contribution in [0.25, 0.3) is 0 Å². The van der Waals surface area contributed by atoms with E-state index in [0.29, 0.717) is 54.0 Å². The highest BCUT2D eigenvalue weighted by Gasteiger charge is 1.97. The summed E-state index contributed by atoms with van der Waals surface area (Å²) in [5, 5.41) is 67.6. The molecule has 3 aromatic rings. The molecule has 0 aliphatic heterocycles. The Bertz CT molecular complexity index is 1430. The van der Waals surface area contributed by atoms with Crippen molar-refractivity contribution in [3.63, 3.8) is 0 Å². The van der Waals surface area contributed by atoms with Crippen molar-refractivity contribution in [2.24, 2.45) is 17.2 Å². The third-order valence-corrected chi connectivity index (χ3v) is 4.41. The number of rotatable bonds is 9. The Labute approximate surface area is 290 Å². The van der Waals surface area contributed by atoms with Crippen molar-refractivity contribution in [2.45, 2.75) is 0 Å². The van der Waals surface area contributed by atoms with Crippen LogP contribution < -0.4 is 48.7 Å². The average Bonchev–Trinajstić information content (AvgIpc) is 3.08. The Morgan fingerprint density at radius 2 is 0.588 bits per heavy atom. The Hall–Kier alpha value is -7.89. The van der Waals surface area contributed by atoms with Crippen molar-refractivity contribution >= 4 is 53.3 Å². The molecule has 3 rings (SSSR count). The number of carbonyl (C=O) groups excluding carboxylic acids is 3. The highest BCUT2D eigenvalue weighted by Crippen LogP contribution is 1.94. The maximum atomic E-state index is 9.53. The smallest absolute Gasteiger partial charge is 0.328 e. The minimum atomic E-state index is -1.51. The first kappa shape index (κ1) is 47.5. The van der Waals surface area contributed by atoms with E-state index in [2.05, 4.69) is 0 Å². The molecule has 0 amide bonds. The second-order valence-corrected chi connectivity index (χ2v) is 8.44. The molecule has 0 unspecified atom stereocenters. The van der Waals surface area contributed by atoms with Gasteiger partial charge in [0.2, 0.25) is 0 Å². The van der Waals surface area contributed by atoms with Crippen LogP contribution in [-0.4, -0.2) is 68.6 Å². The third-order valence-electron chi connectivity index (χ3n) is 4.41. The lowest BCUT2D eigenvalue weighted by atomic mass is 10.2. The molecule has 0 radical (unpaired) electrons.